The molecule has 1 atom stereocenters. The van der Waals surface area contributed by atoms with Crippen LogP contribution in [0.5, 0.6) is 0 Å². The summed E-state index contributed by atoms with van der Waals surface area (Å²) in [6.45, 7) is 2.06. The molecule has 0 saturated carbocycles. The number of furan rings is 1. The van der Waals surface area contributed by atoms with Crippen LogP contribution >= 0.6 is 0 Å². The van der Waals surface area contributed by atoms with E-state index >= 15 is 0 Å². The monoisotopic (exact) mass is 373 g/mol. The molecule has 2 aromatic rings. The summed E-state index contributed by atoms with van der Waals surface area (Å²) >= 11 is 0. The molecule has 1 N–H and O–H groups in total. The number of aromatic nitrogens is 2. The van der Waals surface area contributed by atoms with E-state index in [0.29, 0.717) is 31.9 Å². The molecule has 8 nitrogen and oxygen atoms in total. The van der Waals surface area contributed by atoms with E-state index < -0.39 is 0 Å². The molecule has 0 aliphatic carbocycles. The van der Waals surface area contributed by atoms with Gasteiger partial charge in [0.2, 0.25) is 11.9 Å². The Morgan fingerprint density at radius 3 is 2.93 bits per heavy atom. The fourth-order valence-corrected chi connectivity index (χ4v) is 3.34. The highest BCUT2D eigenvalue weighted by Crippen LogP contribution is 2.18. The predicted molar refractivity (Wildman–Crippen MR) is 103 cm³/mol. The number of nitrogens with zero attached hydrogens (tertiary/aromatic N) is 4. The highest BCUT2D eigenvalue weighted by Gasteiger charge is 2.28. The second-order valence-electron chi connectivity index (χ2n) is 7.28. The molecule has 1 fully saturated rings. The van der Waals surface area contributed by atoms with Crippen LogP contribution in [0.15, 0.2) is 33.9 Å². The Bertz CT molecular complexity index is 815. The topological polar surface area (TPSA) is 85.7 Å². The number of carbonyl (C=O) groups is 1. The van der Waals surface area contributed by atoms with Crippen molar-refractivity contribution >= 4 is 11.9 Å². The molecular weight excluding hydrogens is 346 g/mol. The third kappa shape index (κ3) is 4.97. The molecule has 0 spiro atoms. The first kappa shape index (κ1) is 19.2. The maximum absolute atomic E-state index is 12.4. The van der Waals surface area contributed by atoms with E-state index in [-0.39, 0.29) is 17.5 Å². The minimum Gasteiger partial charge on any atom is -0.472 e. The van der Waals surface area contributed by atoms with Crippen LogP contribution in [-0.2, 0) is 17.8 Å². The van der Waals surface area contributed by atoms with Gasteiger partial charge in [-0.1, -0.05) is 0 Å². The Morgan fingerprint density at radius 1 is 1.41 bits per heavy atom. The molecule has 8 heteroatoms. The summed E-state index contributed by atoms with van der Waals surface area (Å²) in [5, 5.41) is 0. The Balaban J connectivity index is 1.53. The molecule has 2 aromatic heterocycles. The van der Waals surface area contributed by atoms with E-state index in [0.717, 1.165) is 24.2 Å². The zero-order valence-electron chi connectivity index (χ0n) is 16.1. The fourth-order valence-electron chi connectivity index (χ4n) is 3.34. The Morgan fingerprint density at radius 2 is 2.22 bits per heavy atom. The van der Waals surface area contributed by atoms with Gasteiger partial charge >= 0.3 is 0 Å². The lowest BCUT2D eigenvalue weighted by Gasteiger charge is -2.24. The van der Waals surface area contributed by atoms with Crippen LogP contribution in [0, 0.1) is 0 Å². The zero-order chi connectivity index (χ0) is 19.4. The van der Waals surface area contributed by atoms with Crippen molar-refractivity contribution in [3.63, 3.8) is 0 Å². The van der Waals surface area contributed by atoms with Crippen LogP contribution in [-0.4, -0.2) is 65.9 Å². The summed E-state index contributed by atoms with van der Waals surface area (Å²) < 4.78 is 5.04. The van der Waals surface area contributed by atoms with Crippen molar-refractivity contribution in [2.24, 2.45) is 0 Å². The van der Waals surface area contributed by atoms with Gasteiger partial charge in [-0.15, -0.1) is 0 Å². The SMILES string of the molecule is CN(C)c1nc(CN(C)[C@@H]2CCN(C(=O)CCc3ccoc3)C2)cc(=O)[nH]1. The number of nitrogens with one attached hydrogen (secondary N) is 1. The first-order valence-corrected chi connectivity index (χ1v) is 9.19. The van der Waals surface area contributed by atoms with Gasteiger partial charge in [-0.2, -0.15) is 0 Å². The number of aryl methyl sites for hydroxylation is 1. The smallest absolute Gasteiger partial charge is 0.252 e. The van der Waals surface area contributed by atoms with Crippen LogP contribution in [0.4, 0.5) is 5.95 Å². The van der Waals surface area contributed by atoms with E-state index in [2.05, 4.69) is 14.9 Å². The molecule has 0 unspecified atom stereocenters. The molecule has 1 aliphatic heterocycles. The lowest BCUT2D eigenvalue weighted by molar-refractivity contribution is -0.130. The third-order valence-electron chi connectivity index (χ3n) is 4.96. The zero-order valence-corrected chi connectivity index (χ0v) is 16.1. The summed E-state index contributed by atoms with van der Waals surface area (Å²) in [7, 11) is 5.70. The van der Waals surface area contributed by atoms with Gasteiger partial charge in [0.1, 0.15) is 0 Å². The van der Waals surface area contributed by atoms with Gasteiger partial charge in [0.05, 0.1) is 18.2 Å². The van der Waals surface area contributed by atoms with Crippen molar-refractivity contribution < 1.29 is 9.21 Å². The summed E-state index contributed by atoms with van der Waals surface area (Å²) in [6, 6.07) is 3.70. The number of amides is 1. The fraction of sp³-hybridized carbons (Fsp3) is 0.526. The van der Waals surface area contributed by atoms with E-state index in [1.807, 2.05) is 32.1 Å². The van der Waals surface area contributed by atoms with Gasteiger partial charge in [0, 0.05) is 52.3 Å². The van der Waals surface area contributed by atoms with Crippen LogP contribution in [0.1, 0.15) is 24.1 Å². The Kier molecular flexibility index (Phi) is 5.95. The lowest BCUT2D eigenvalue weighted by atomic mass is 10.2. The van der Waals surface area contributed by atoms with Crippen molar-refractivity contribution in [1.29, 1.82) is 0 Å². The van der Waals surface area contributed by atoms with Crippen LogP contribution < -0.4 is 10.5 Å². The number of likely N-dealkylation sites (tertiary alicyclic amines) is 1. The second kappa shape index (κ2) is 8.39. The second-order valence-corrected chi connectivity index (χ2v) is 7.28. The largest absolute Gasteiger partial charge is 0.472 e. The van der Waals surface area contributed by atoms with Crippen LogP contribution in [0.25, 0.3) is 0 Å². The van der Waals surface area contributed by atoms with Crippen LogP contribution in [0.2, 0.25) is 0 Å². The highest BCUT2D eigenvalue weighted by atomic mass is 16.3. The molecule has 1 amide bonds. The normalized spacial score (nSPS) is 16.9. The lowest BCUT2D eigenvalue weighted by Crippen LogP contribution is -2.36. The average Bonchev–Trinajstić information content (AvgIpc) is 3.31. The standard InChI is InChI=1S/C19H27N5O3/c1-22(2)19-20-15(10-17(25)21-19)11-23(3)16-6-8-24(12-16)18(26)5-4-14-7-9-27-13-14/h7,9-10,13,16H,4-6,8,11-12H2,1-3H3,(H,20,21,25)/t16-/m1/s1. The number of anilines is 1. The number of aromatic amines is 1. The van der Waals surface area contributed by atoms with E-state index in [1.54, 1.807) is 17.4 Å². The van der Waals surface area contributed by atoms with E-state index in [4.69, 9.17) is 4.42 Å². The van der Waals surface area contributed by atoms with Crippen molar-refractivity contribution in [2.45, 2.75) is 31.8 Å². The quantitative estimate of drug-likeness (QED) is 0.782. The molecule has 146 valence electrons. The molecular formula is C19H27N5O3. The third-order valence-corrected chi connectivity index (χ3v) is 4.96. The molecule has 3 rings (SSSR count). The highest BCUT2D eigenvalue weighted by molar-refractivity contribution is 5.76. The molecule has 0 radical (unpaired) electrons. The van der Waals surface area contributed by atoms with Gasteiger partial charge in [-0.05, 0) is 31.5 Å². The summed E-state index contributed by atoms with van der Waals surface area (Å²) in [4.78, 5) is 37.4. The minimum absolute atomic E-state index is 0.153. The number of carbonyl (C=O) groups excluding carboxylic acids is 1. The van der Waals surface area contributed by atoms with Crippen LogP contribution in [0.3, 0.4) is 0 Å². The molecule has 1 aliphatic rings. The van der Waals surface area contributed by atoms with Crippen molar-refractivity contribution in [2.75, 3.05) is 39.1 Å². The summed E-state index contributed by atoms with van der Waals surface area (Å²) in [5.41, 5.74) is 1.63. The van der Waals surface area contributed by atoms with E-state index in [9.17, 15) is 9.59 Å². The number of hydrogen-bond donors (Lipinski definition) is 1. The van der Waals surface area contributed by atoms with Gasteiger partial charge in [0.15, 0.2) is 0 Å². The number of rotatable bonds is 7. The predicted octanol–water partition coefficient (Wildman–Crippen LogP) is 1.09. The van der Waals surface area contributed by atoms with Gasteiger partial charge < -0.3 is 14.2 Å². The summed E-state index contributed by atoms with van der Waals surface area (Å²) in [6.07, 6.45) is 5.45. The number of likely N-dealkylation sites (N-methyl/N-ethyl adjacent to an activating group) is 1. The molecule has 0 bridgehead atoms. The average molecular weight is 373 g/mol. The van der Waals surface area contributed by atoms with Crippen molar-refractivity contribution in [3.05, 3.63) is 46.3 Å². The Hall–Kier alpha value is -2.61. The maximum Gasteiger partial charge on any atom is 0.252 e. The molecule has 1 saturated heterocycles. The molecule has 3 heterocycles. The Labute approximate surface area is 158 Å². The molecule has 27 heavy (non-hydrogen) atoms. The molecule has 0 aromatic carbocycles. The van der Waals surface area contributed by atoms with Gasteiger partial charge in [0.25, 0.3) is 5.56 Å². The number of hydrogen-bond acceptors (Lipinski definition) is 6. The summed E-state index contributed by atoms with van der Waals surface area (Å²) in [5.74, 6) is 0.727. The minimum atomic E-state index is -0.153. The maximum atomic E-state index is 12.4. The van der Waals surface area contributed by atoms with Crippen molar-refractivity contribution in [1.82, 2.24) is 19.8 Å². The van der Waals surface area contributed by atoms with Gasteiger partial charge in [-0.25, -0.2) is 4.98 Å². The number of H-pyrrole nitrogens is 1. The van der Waals surface area contributed by atoms with E-state index in [1.165, 1.54) is 6.07 Å². The van der Waals surface area contributed by atoms with Gasteiger partial charge in [-0.3, -0.25) is 19.5 Å². The van der Waals surface area contributed by atoms with Crippen molar-refractivity contribution in [3.8, 4) is 0 Å². The first-order valence-electron chi connectivity index (χ1n) is 9.19. The first-order chi connectivity index (χ1) is 12.9.